The van der Waals surface area contributed by atoms with Crippen molar-refractivity contribution in [2.24, 2.45) is 12.8 Å². The summed E-state index contributed by atoms with van der Waals surface area (Å²) in [6.07, 6.45) is 6.89. The van der Waals surface area contributed by atoms with Crippen LogP contribution in [0, 0.1) is 0 Å². The first-order chi connectivity index (χ1) is 7.69. The second-order valence-electron chi connectivity index (χ2n) is 5.06. The van der Waals surface area contributed by atoms with Crippen LogP contribution in [0.4, 0.5) is 0 Å². The van der Waals surface area contributed by atoms with Crippen molar-refractivity contribution in [1.82, 2.24) is 4.57 Å². The third-order valence-electron chi connectivity index (χ3n) is 3.96. The highest BCUT2D eigenvalue weighted by atomic mass is 14.9. The Morgan fingerprint density at radius 2 is 1.94 bits per heavy atom. The zero-order valence-corrected chi connectivity index (χ0v) is 9.74. The van der Waals surface area contributed by atoms with Gasteiger partial charge in [0.05, 0.1) is 0 Å². The minimum Gasteiger partial charge on any atom is -0.351 e. The summed E-state index contributed by atoms with van der Waals surface area (Å²) in [6, 6.07) is 8.81. The molecule has 0 saturated heterocycles. The average molecular weight is 214 g/mol. The fourth-order valence-corrected chi connectivity index (χ4v) is 2.87. The number of aromatic nitrogens is 1. The summed E-state index contributed by atoms with van der Waals surface area (Å²) in [5, 5.41) is 1.30. The van der Waals surface area contributed by atoms with Gasteiger partial charge in [0.1, 0.15) is 0 Å². The van der Waals surface area contributed by atoms with Crippen LogP contribution in [0.3, 0.4) is 0 Å². The minimum atomic E-state index is -0.0710. The Labute approximate surface area is 96.1 Å². The van der Waals surface area contributed by atoms with Gasteiger partial charge in [0.15, 0.2) is 0 Å². The van der Waals surface area contributed by atoms with Gasteiger partial charge in [-0.25, -0.2) is 0 Å². The van der Waals surface area contributed by atoms with Crippen LogP contribution in [0.5, 0.6) is 0 Å². The topological polar surface area (TPSA) is 30.9 Å². The van der Waals surface area contributed by atoms with E-state index in [1.54, 1.807) is 0 Å². The standard InChI is InChI=1S/C14H18N2/c1-16-9-6-11-4-5-12(10-13(11)16)14(15)7-2-3-8-14/h4-6,9-10H,2-3,7-8,15H2,1H3. The molecule has 3 rings (SSSR count). The van der Waals surface area contributed by atoms with Crippen LogP contribution in [0.25, 0.3) is 10.9 Å². The second-order valence-corrected chi connectivity index (χ2v) is 5.06. The van der Waals surface area contributed by atoms with Crippen molar-refractivity contribution in [3.8, 4) is 0 Å². The van der Waals surface area contributed by atoms with E-state index in [9.17, 15) is 0 Å². The molecule has 84 valence electrons. The van der Waals surface area contributed by atoms with Crippen LogP contribution in [0.1, 0.15) is 31.2 Å². The number of aryl methyl sites for hydroxylation is 1. The highest BCUT2D eigenvalue weighted by molar-refractivity contribution is 5.81. The maximum absolute atomic E-state index is 6.48. The monoisotopic (exact) mass is 214 g/mol. The van der Waals surface area contributed by atoms with E-state index in [1.165, 1.54) is 29.3 Å². The number of hydrogen-bond donors (Lipinski definition) is 1. The van der Waals surface area contributed by atoms with Gasteiger partial charge >= 0.3 is 0 Å². The van der Waals surface area contributed by atoms with E-state index in [1.807, 2.05) is 0 Å². The van der Waals surface area contributed by atoms with Crippen molar-refractivity contribution in [1.29, 1.82) is 0 Å². The number of nitrogens with two attached hydrogens (primary N) is 1. The molecule has 1 aliphatic carbocycles. The Hall–Kier alpha value is -1.28. The van der Waals surface area contributed by atoms with Crippen LogP contribution >= 0.6 is 0 Å². The molecular formula is C14H18N2. The average Bonchev–Trinajstić information content (AvgIpc) is 2.87. The highest BCUT2D eigenvalue weighted by Gasteiger charge is 2.31. The molecule has 1 aromatic heterocycles. The second kappa shape index (κ2) is 3.36. The Morgan fingerprint density at radius 1 is 1.19 bits per heavy atom. The van der Waals surface area contributed by atoms with E-state index in [0.29, 0.717) is 0 Å². The minimum absolute atomic E-state index is 0.0710. The largest absolute Gasteiger partial charge is 0.351 e. The predicted octanol–water partition coefficient (Wildman–Crippen LogP) is 2.91. The first-order valence-electron chi connectivity index (χ1n) is 6.03. The number of rotatable bonds is 1. The van der Waals surface area contributed by atoms with Gasteiger partial charge < -0.3 is 10.3 Å². The Balaban J connectivity index is 2.13. The van der Waals surface area contributed by atoms with Crippen LogP contribution in [0.15, 0.2) is 30.5 Å². The third kappa shape index (κ3) is 1.37. The van der Waals surface area contributed by atoms with Gasteiger partial charge in [0.2, 0.25) is 0 Å². The maximum atomic E-state index is 6.48. The molecule has 0 unspecified atom stereocenters. The Bertz CT molecular complexity index is 519. The summed E-state index contributed by atoms with van der Waals surface area (Å²) in [4.78, 5) is 0. The fraction of sp³-hybridized carbons (Fsp3) is 0.429. The molecule has 2 nitrogen and oxygen atoms in total. The van der Waals surface area contributed by atoms with E-state index in [2.05, 4.69) is 42.1 Å². The van der Waals surface area contributed by atoms with Gasteiger partial charge in [-0.2, -0.15) is 0 Å². The molecular weight excluding hydrogens is 196 g/mol. The summed E-state index contributed by atoms with van der Waals surface area (Å²) < 4.78 is 2.16. The fourth-order valence-electron chi connectivity index (χ4n) is 2.87. The van der Waals surface area contributed by atoms with Crippen molar-refractivity contribution < 1.29 is 0 Å². The van der Waals surface area contributed by atoms with Gasteiger partial charge in [-0.15, -0.1) is 0 Å². The molecule has 2 heteroatoms. The first kappa shape index (κ1) is 9.91. The number of nitrogens with zero attached hydrogens (tertiary/aromatic N) is 1. The summed E-state index contributed by atoms with van der Waals surface area (Å²) in [6.45, 7) is 0. The number of hydrogen-bond acceptors (Lipinski definition) is 1. The molecule has 16 heavy (non-hydrogen) atoms. The van der Waals surface area contributed by atoms with Gasteiger partial charge in [0, 0.05) is 24.3 Å². The molecule has 0 spiro atoms. The molecule has 1 heterocycles. The predicted molar refractivity (Wildman–Crippen MR) is 67.3 cm³/mol. The van der Waals surface area contributed by atoms with Gasteiger partial charge in [-0.3, -0.25) is 0 Å². The molecule has 0 atom stereocenters. The quantitative estimate of drug-likeness (QED) is 0.777. The molecule has 2 N–H and O–H groups in total. The van der Waals surface area contributed by atoms with Gasteiger partial charge in [0.25, 0.3) is 0 Å². The van der Waals surface area contributed by atoms with E-state index in [0.717, 1.165) is 12.8 Å². The normalized spacial score (nSPS) is 19.4. The summed E-state index contributed by atoms with van der Waals surface area (Å²) >= 11 is 0. The molecule has 1 saturated carbocycles. The first-order valence-corrected chi connectivity index (χ1v) is 6.03. The van der Waals surface area contributed by atoms with E-state index < -0.39 is 0 Å². The molecule has 1 aliphatic rings. The van der Waals surface area contributed by atoms with Crippen LogP contribution < -0.4 is 5.73 Å². The van der Waals surface area contributed by atoms with Crippen molar-refractivity contribution in [3.63, 3.8) is 0 Å². The van der Waals surface area contributed by atoms with Crippen molar-refractivity contribution >= 4 is 10.9 Å². The van der Waals surface area contributed by atoms with Crippen molar-refractivity contribution in [2.75, 3.05) is 0 Å². The molecule has 2 aromatic rings. The molecule has 0 aliphatic heterocycles. The lowest BCUT2D eigenvalue weighted by Gasteiger charge is -2.24. The zero-order chi connectivity index (χ0) is 11.2. The van der Waals surface area contributed by atoms with E-state index in [4.69, 9.17) is 5.73 Å². The van der Waals surface area contributed by atoms with Crippen molar-refractivity contribution in [3.05, 3.63) is 36.0 Å². The Morgan fingerprint density at radius 3 is 2.69 bits per heavy atom. The molecule has 1 fully saturated rings. The van der Waals surface area contributed by atoms with Crippen LogP contribution in [0.2, 0.25) is 0 Å². The molecule has 1 aromatic carbocycles. The van der Waals surface area contributed by atoms with E-state index >= 15 is 0 Å². The smallest absolute Gasteiger partial charge is 0.0481 e. The van der Waals surface area contributed by atoms with Gasteiger partial charge in [-0.1, -0.05) is 25.0 Å². The molecule has 0 radical (unpaired) electrons. The summed E-state index contributed by atoms with van der Waals surface area (Å²) in [5.74, 6) is 0. The van der Waals surface area contributed by atoms with Crippen LogP contribution in [-0.2, 0) is 12.6 Å². The van der Waals surface area contributed by atoms with E-state index in [-0.39, 0.29) is 5.54 Å². The molecule has 0 amide bonds. The number of benzene rings is 1. The maximum Gasteiger partial charge on any atom is 0.0481 e. The molecule has 0 bridgehead atoms. The number of fused-ring (bicyclic) bond motifs is 1. The van der Waals surface area contributed by atoms with Crippen molar-refractivity contribution in [2.45, 2.75) is 31.2 Å². The third-order valence-corrected chi connectivity index (χ3v) is 3.96. The lowest BCUT2D eigenvalue weighted by molar-refractivity contribution is 0.462. The lowest BCUT2D eigenvalue weighted by Crippen LogP contribution is -2.32. The zero-order valence-electron chi connectivity index (χ0n) is 9.74. The Kier molecular flexibility index (Phi) is 2.08. The van der Waals surface area contributed by atoms with Crippen LogP contribution in [-0.4, -0.2) is 4.57 Å². The SMILES string of the molecule is Cn1ccc2ccc(C3(N)CCCC3)cc21. The summed E-state index contributed by atoms with van der Waals surface area (Å²) in [5.41, 5.74) is 9.00. The van der Waals surface area contributed by atoms with Gasteiger partial charge in [-0.05, 0) is 35.9 Å². The summed E-state index contributed by atoms with van der Waals surface area (Å²) in [7, 11) is 2.09. The lowest BCUT2D eigenvalue weighted by atomic mass is 9.89. The highest BCUT2D eigenvalue weighted by Crippen LogP contribution is 2.37.